The summed E-state index contributed by atoms with van der Waals surface area (Å²) in [5.41, 5.74) is 4.25. The van der Waals surface area contributed by atoms with E-state index in [0.717, 1.165) is 57.3 Å². The quantitative estimate of drug-likeness (QED) is 0.150. The second-order valence-electron chi connectivity index (χ2n) is 14.9. The summed E-state index contributed by atoms with van der Waals surface area (Å²) < 4.78 is 11.5. The van der Waals surface area contributed by atoms with Crippen molar-refractivity contribution in [2.45, 2.75) is 108 Å². The van der Waals surface area contributed by atoms with E-state index in [1.165, 1.54) is 68.1 Å². The number of piperidine rings is 4. The van der Waals surface area contributed by atoms with Gasteiger partial charge in [0.1, 0.15) is 11.5 Å². The van der Waals surface area contributed by atoms with Gasteiger partial charge in [-0.25, -0.2) is 0 Å². The molecular formula is C43H64N6O2. The number of ether oxygens (including phenoxy) is 2. The van der Waals surface area contributed by atoms with Gasteiger partial charge in [0.2, 0.25) is 0 Å². The summed E-state index contributed by atoms with van der Waals surface area (Å²) in [6.45, 7) is 13.1. The lowest BCUT2D eigenvalue weighted by Crippen LogP contribution is -2.53. The minimum atomic E-state index is 0.419. The zero-order chi connectivity index (χ0) is 35.1. The van der Waals surface area contributed by atoms with Gasteiger partial charge in [0.05, 0.1) is 25.5 Å². The molecule has 4 unspecified atom stereocenters. The zero-order valence-electron chi connectivity index (χ0n) is 31.3. The molecule has 4 atom stereocenters. The van der Waals surface area contributed by atoms with Crippen LogP contribution in [0.3, 0.4) is 0 Å². The van der Waals surface area contributed by atoms with Crippen molar-refractivity contribution < 1.29 is 9.47 Å². The Labute approximate surface area is 307 Å². The monoisotopic (exact) mass is 697 g/mol. The highest BCUT2D eigenvalue weighted by Gasteiger charge is 2.27. The molecule has 0 bridgehead atoms. The summed E-state index contributed by atoms with van der Waals surface area (Å²) in [6.07, 6.45) is 10.7. The highest BCUT2D eigenvalue weighted by atomic mass is 16.5. The molecule has 0 radical (unpaired) electrons. The van der Waals surface area contributed by atoms with Gasteiger partial charge in [-0.2, -0.15) is 0 Å². The van der Waals surface area contributed by atoms with Crippen LogP contribution in [0.5, 0.6) is 11.5 Å². The fourth-order valence-corrected chi connectivity index (χ4v) is 8.44. The lowest BCUT2D eigenvalue weighted by Gasteiger charge is -2.38. The molecule has 3 aromatic rings. The minimum Gasteiger partial charge on any atom is -0.494 e. The Morgan fingerprint density at radius 1 is 0.608 bits per heavy atom. The highest BCUT2D eigenvalue weighted by Crippen LogP contribution is 2.29. The van der Waals surface area contributed by atoms with Crippen molar-refractivity contribution in [2.75, 3.05) is 52.5 Å². The van der Waals surface area contributed by atoms with E-state index in [1.54, 1.807) is 0 Å². The van der Waals surface area contributed by atoms with Gasteiger partial charge in [-0.1, -0.05) is 60.7 Å². The third kappa shape index (κ3) is 12.0. The van der Waals surface area contributed by atoms with Crippen molar-refractivity contribution >= 4 is 0 Å². The fraction of sp³-hybridized carbons (Fsp3) is 0.581. The van der Waals surface area contributed by atoms with E-state index >= 15 is 0 Å². The minimum absolute atomic E-state index is 0.419. The van der Waals surface area contributed by atoms with Gasteiger partial charge in [-0.05, 0) is 145 Å². The zero-order valence-corrected chi connectivity index (χ0v) is 31.3. The van der Waals surface area contributed by atoms with E-state index in [9.17, 15) is 0 Å². The Morgan fingerprint density at radius 3 is 1.59 bits per heavy atom. The number of likely N-dealkylation sites (tertiary alicyclic amines) is 1. The van der Waals surface area contributed by atoms with Crippen LogP contribution in [0.15, 0.2) is 78.9 Å². The summed E-state index contributed by atoms with van der Waals surface area (Å²) in [7, 11) is 0. The van der Waals surface area contributed by atoms with Gasteiger partial charge in [0.15, 0.2) is 0 Å². The number of hydrogen-bond donors (Lipinski definition) is 5. The Hall–Kier alpha value is -2.98. The lowest BCUT2D eigenvalue weighted by atomic mass is 9.88. The molecule has 3 aromatic carbocycles. The molecule has 4 heterocycles. The summed E-state index contributed by atoms with van der Waals surface area (Å²) in [6, 6.07) is 29.6. The van der Waals surface area contributed by atoms with Gasteiger partial charge >= 0.3 is 0 Å². The third-order valence-corrected chi connectivity index (χ3v) is 11.1. The molecule has 0 saturated carbocycles. The predicted molar refractivity (Wildman–Crippen MR) is 210 cm³/mol. The molecule has 5 N–H and O–H groups in total. The van der Waals surface area contributed by atoms with Gasteiger partial charge < -0.3 is 25.4 Å². The molecule has 4 aliphatic rings. The van der Waals surface area contributed by atoms with Crippen LogP contribution >= 0.6 is 0 Å². The maximum absolute atomic E-state index is 5.75. The molecule has 51 heavy (non-hydrogen) atoms. The second kappa shape index (κ2) is 20.3. The van der Waals surface area contributed by atoms with Crippen molar-refractivity contribution in [3.63, 3.8) is 0 Å². The summed E-state index contributed by atoms with van der Waals surface area (Å²) >= 11 is 0. The smallest absolute Gasteiger partial charge is 0.123 e. The van der Waals surface area contributed by atoms with E-state index in [2.05, 4.69) is 104 Å². The van der Waals surface area contributed by atoms with Crippen molar-refractivity contribution in [1.29, 1.82) is 0 Å². The molecule has 4 fully saturated rings. The highest BCUT2D eigenvalue weighted by molar-refractivity contribution is 5.38. The fourth-order valence-electron chi connectivity index (χ4n) is 8.44. The van der Waals surface area contributed by atoms with Crippen LogP contribution in [0.2, 0.25) is 0 Å². The summed E-state index contributed by atoms with van der Waals surface area (Å²) in [5.74, 6) is 3.18. The Balaban J connectivity index is 0.000000200. The molecule has 0 amide bonds. The first-order valence-corrected chi connectivity index (χ1v) is 20.1. The number of benzene rings is 3. The van der Waals surface area contributed by atoms with Crippen LogP contribution in [-0.2, 0) is 6.54 Å². The van der Waals surface area contributed by atoms with Crippen LogP contribution in [0.25, 0.3) is 0 Å². The standard InChI is InChI=1S/C27H39N3O2.C16H25N3/c1-3-31-25-16-21(17-26(19-25)32-4-2)20-30-14-11-24(12-15-30)29-27-18-23(10-13-28-27)22-8-6-5-7-9-22;1-2-4-13(5-3-1)14-6-11-18-16(12-14)19-15-7-9-17-10-8-15/h5-9,16-17,19,23-24,27-29H,3-4,10-15,18,20H2,1-2H3;1-5,14-19H,6-12H2. The van der Waals surface area contributed by atoms with E-state index < -0.39 is 0 Å². The molecule has 4 saturated heterocycles. The number of nitrogens with zero attached hydrogens (tertiary/aromatic N) is 1. The molecule has 7 rings (SSSR count). The first-order chi connectivity index (χ1) is 25.1. The summed E-state index contributed by atoms with van der Waals surface area (Å²) in [5, 5.41) is 18.5. The average Bonchev–Trinajstić information content (AvgIpc) is 3.17. The van der Waals surface area contributed by atoms with Gasteiger partial charge in [0.25, 0.3) is 0 Å². The second-order valence-corrected chi connectivity index (χ2v) is 14.9. The molecule has 278 valence electrons. The van der Waals surface area contributed by atoms with Crippen molar-refractivity contribution in [3.8, 4) is 11.5 Å². The van der Waals surface area contributed by atoms with E-state index in [-0.39, 0.29) is 0 Å². The third-order valence-electron chi connectivity index (χ3n) is 11.1. The van der Waals surface area contributed by atoms with Gasteiger partial charge in [0, 0.05) is 24.7 Å². The van der Waals surface area contributed by atoms with Gasteiger partial charge in [-0.3, -0.25) is 15.5 Å². The summed E-state index contributed by atoms with van der Waals surface area (Å²) in [4.78, 5) is 2.56. The normalized spacial score (nSPS) is 25.1. The first-order valence-electron chi connectivity index (χ1n) is 20.1. The molecule has 4 aliphatic heterocycles. The van der Waals surface area contributed by atoms with E-state index in [4.69, 9.17) is 9.47 Å². The average molecular weight is 697 g/mol. The Bertz CT molecular complexity index is 1370. The van der Waals surface area contributed by atoms with Crippen molar-refractivity contribution in [3.05, 3.63) is 95.6 Å². The Morgan fingerprint density at radius 2 is 1.10 bits per heavy atom. The number of hydrogen-bond acceptors (Lipinski definition) is 8. The SMILES string of the molecule is CCOc1cc(CN2CCC(NC3CC(c4ccccc4)CCN3)CC2)cc(OCC)c1.c1ccc(C2CCNC(NC3CCNCC3)C2)cc1. The van der Waals surface area contributed by atoms with Crippen LogP contribution in [0, 0.1) is 0 Å². The topological polar surface area (TPSA) is 81.9 Å². The molecular weight excluding hydrogens is 633 g/mol. The van der Waals surface area contributed by atoms with E-state index in [0.29, 0.717) is 49.5 Å². The maximum atomic E-state index is 5.75. The van der Waals surface area contributed by atoms with E-state index in [1.807, 2.05) is 19.9 Å². The number of rotatable bonds is 12. The lowest BCUT2D eigenvalue weighted by molar-refractivity contribution is 0.171. The van der Waals surface area contributed by atoms with Crippen molar-refractivity contribution in [2.24, 2.45) is 0 Å². The maximum Gasteiger partial charge on any atom is 0.123 e. The molecule has 0 aromatic heterocycles. The Kier molecular flexibility index (Phi) is 15.0. The van der Waals surface area contributed by atoms with Gasteiger partial charge in [-0.15, -0.1) is 0 Å². The number of nitrogens with one attached hydrogen (secondary N) is 5. The molecule has 8 heteroatoms. The van der Waals surface area contributed by atoms with Crippen LogP contribution in [0.1, 0.15) is 93.7 Å². The first kappa shape index (κ1) is 37.8. The molecule has 0 aliphatic carbocycles. The molecule has 0 spiro atoms. The van der Waals surface area contributed by atoms with Crippen LogP contribution < -0.4 is 36.1 Å². The van der Waals surface area contributed by atoms with Crippen molar-refractivity contribution in [1.82, 2.24) is 31.5 Å². The van der Waals surface area contributed by atoms with Crippen LogP contribution in [-0.4, -0.2) is 81.8 Å². The predicted octanol–water partition coefficient (Wildman–Crippen LogP) is 6.35. The largest absolute Gasteiger partial charge is 0.494 e. The molecule has 8 nitrogen and oxygen atoms in total. The van der Waals surface area contributed by atoms with Crippen LogP contribution in [0.4, 0.5) is 0 Å².